The predicted molar refractivity (Wildman–Crippen MR) is 574 cm³/mol. The number of benzene rings is 6. The molecule has 0 spiro atoms. The van der Waals surface area contributed by atoms with Gasteiger partial charge in [-0.2, -0.15) is 0 Å². The molecule has 9 rings (SSSR count). The molecule has 0 unspecified atom stereocenters. The van der Waals surface area contributed by atoms with E-state index in [1.165, 1.54) is 380 Å². The van der Waals surface area contributed by atoms with E-state index in [0.717, 1.165) is 118 Å². The van der Waals surface area contributed by atoms with Crippen LogP contribution in [0, 0.1) is 0 Å². The quantitative estimate of drug-likeness (QED) is 0.0166. The standard InChI is InChI=1S/C51H88N4O2.C39H62N4O2.C27H36N4O2/c1-3-5-7-9-11-13-15-17-19-21-23-25-27-29-31-33-43-52-50(56)54-48-39-35-46(36-40-48)45-47-37-41-49(42-38-47)55-51(57)53-44-34-32-30-28-26-24-22-20-18-16-14-12-10-8-6-4-2;1-2-3-4-5-6-7-8-9-10-11-12-13-14-15-16-20-31-40-38(44)41-36-27-23-33(24-28-36)32-34-25-29-37(30-26-34)43-39(45)42-35-21-18-17-19-22-35;32-26(28-22-7-3-1-4-8-22)30-24-15-11-20(12-16-24)19-21-13-17-25(18-14-21)31-27(33)29-23-9-5-2-6-10-23/h35-42H,3-34,43-45H2,1-2H3,(H2,52,54,56)(H2,53,55,57);23-30,35H,2-22,31-32H2,1H3,(H2,40,41,44)(H2,42,43,45);11-18,22-23H,1-10,19H2,(H2,28,30,32)(H2,29,31,33). The number of amides is 12. The minimum Gasteiger partial charge on any atom is -0.338 e. The first-order valence-electron chi connectivity index (χ1n) is 55.3. The molecule has 0 radical (unpaired) electrons. The molecule has 750 valence electrons. The van der Waals surface area contributed by atoms with Crippen LogP contribution in [0.15, 0.2) is 146 Å². The molecule has 0 atom stereocenters. The van der Waals surface area contributed by atoms with Gasteiger partial charge in [-0.1, -0.05) is 440 Å². The van der Waals surface area contributed by atoms with Gasteiger partial charge in [0, 0.05) is 71.9 Å². The molecular formula is C117H186N12O6. The number of carbonyl (C=O) groups excluding carboxylic acids is 6. The van der Waals surface area contributed by atoms with Gasteiger partial charge < -0.3 is 63.8 Å². The average molecular weight is 1860 g/mol. The summed E-state index contributed by atoms with van der Waals surface area (Å²) in [6.45, 7) is 9.00. The monoisotopic (exact) mass is 1860 g/mol. The van der Waals surface area contributed by atoms with Crippen LogP contribution in [-0.2, 0) is 19.3 Å². The van der Waals surface area contributed by atoms with Crippen molar-refractivity contribution < 1.29 is 28.8 Å². The minimum atomic E-state index is -0.140. The van der Waals surface area contributed by atoms with Crippen LogP contribution in [0.1, 0.15) is 459 Å². The molecule has 3 aliphatic carbocycles. The van der Waals surface area contributed by atoms with Gasteiger partial charge in [-0.15, -0.1) is 0 Å². The van der Waals surface area contributed by atoms with Gasteiger partial charge in [0.2, 0.25) is 0 Å². The molecule has 0 heterocycles. The van der Waals surface area contributed by atoms with Gasteiger partial charge in [0.15, 0.2) is 0 Å². The molecule has 12 N–H and O–H groups in total. The molecule has 18 heteroatoms. The Morgan fingerprint density at radius 1 is 0.185 bits per heavy atom. The number of rotatable bonds is 66. The summed E-state index contributed by atoms with van der Waals surface area (Å²) in [4.78, 5) is 73.8. The second-order valence-electron chi connectivity index (χ2n) is 39.6. The summed E-state index contributed by atoms with van der Waals surface area (Å²) < 4.78 is 0. The van der Waals surface area contributed by atoms with E-state index in [2.05, 4.69) is 133 Å². The Balaban J connectivity index is 0.000000285. The van der Waals surface area contributed by atoms with Crippen molar-refractivity contribution in [3.8, 4) is 0 Å². The molecular weight excluding hydrogens is 1670 g/mol. The zero-order chi connectivity index (χ0) is 95.4. The fourth-order valence-electron chi connectivity index (χ4n) is 18.9. The largest absolute Gasteiger partial charge is 0.338 e. The van der Waals surface area contributed by atoms with Crippen molar-refractivity contribution in [3.05, 3.63) is 179 Å². The van der Waals surface area contributed by atoms with Crippen LogP contribution in [0.3, 0.4) is 0 Å². The van der Waals surface area contributed by atoms with E-state index < -0.39 is 0 Å². The lowest BCUT2D eigenvalue weighted by molar-refractivity contribution is 0.243. The van der Waals surface area contributed by atoms with Crippen molar-refractivity contribution in [3.63, 3.8) is 0 Å². The maximum Gasteiger partial charge on any atom is 0.319 e. The summed E-state index contributed by atoms with van der Waals surface area (Å²) in [5.74, 6) is 0. The van der Waals surface area contributed by atoms with Crippen molar-refractivity contribution >= 4 is 70.3 Å². The van der Waals surface area contributed by atoms with E-state index in [4.69, 9.17) is 0 Å². The number of anilines is 6. The number of carbonyl (C=O) groups is 6. The van der Waals surface area contributed by atoms with Gasteiger partial charge in [-0.3, -0.25) is 0 Å². The number of unbranched alkanes of at least 4 members (excludes halogenated alkanes) is 45. The van der Waals surface area contributed by atoms with Crippen molar-refractivity contribution in [2.75, 3.05) is 51.5 Å². The Morgan fingerprint density at radius 2 is 0.326 bits per heavy atom. The maximum atomic E-state index is 12.4. The topological polar surface area (TPSA) is 247 Å². The van der Waals surface area contributed by atoms with E-state index in [1.54, 1.807) is 0 Å². The lowest BCUT2D eigenvalue weighted by atomic mass is 9.96. The third-order valence-corrected chi connectivity index (χ3v) is 27.3. The highest BCUT2D eigenvalue weighted by atomic mass is 16.2. The number of hydrogen-bond donors (Lipinski definition) is 12. The lowest BCUT2D eigenvalue weighted by Crippen LogP contribution is -2.39. The summed E-state index contributed by atoms with van der Waals surface area (Å²) in [6.07, 6.45) is 84.7. The van der Waals surface area contributed by atoms with Gasteiger partial charge in [-0.05, 0) is 183 Å². The second kappa shape index (κ2) is 76.0. The summed E-state index contributed by atoms with van der Waals surface area (Å²) in [7, 11) is 0. The Kier molecular flexibility index (Phi) is 63.6. The first-order chi connectivity index (χ1) is 66.4. The summed E-state index contributed by atoms with van der Waals surface area (Å²) in [5.41, 5.74) is 11.8. The zero-order valence-electron chi connectivity index (χ0n) is 84.8. The SMILES string of the molecule is CCCCCCCCCCCCCCCCCCNC(=O)Nc1ccc(Cc2ccc(NC(=O)NC3CCCCC3)cc2)cc1.CCCCCCCCCCCCCCCCCCNC(=O)Nc1ccc(Cc2ccc(NC(=O)NCCCCCCCCCCCCCCCCCC)cc2)cc1.O=C(Nc1ccc(Cc2ccc(NC(=O)NC3CCCCC3)cc2)cc1)NC1CCCCC1. The summed E-state index contributed by atoms with van der Waals surface area (Å²) in [6, 6.07) is 48.2. The van der Waals surface area contributed by atoms with E-state index in [9.17, 15) is 28.8 Å². The first kappa shape index (κ1) is 113. The number of hydrogen-bond acceptors (Lipinski definition) is 6. The highest BCUT2D eigenvalue weighted by molar-refractivity contribution is 5.92. The van der Waals surface area contributed by atoms with Crippen molar-refractivity contribution in [1.82, 2.24) is 31.9 Å². The zero-order valence-corrected chi connectivity index (χ0v) is 84.8. The minimum absolute atomic E-state index is 0.119. The average Bonchev–Trinajstić information content (AvgIpc) is 0.872. The normalized spacial score (nSPS) is 13.4. The van der Waals surface area contributed by atoms with Crippen LogP contribution in [0.2, 0.25) is 0 Å². The van der Waals surface area contributed by atoms with Gasteiger partial charge in [0.05, 0.1) is 0 Å². The van der Waals surface area contributed by atoms with Crippen LogP contribution >= 0.6 is 0 Å². The molecule has 3 fully saturated rings. The van der Waals surface area contributed by atoms with Crippen LogP contribution in [0.4, 0.5) is 62.9 Å². The summed E-state index contributed by atoms with van der Waals surface area (Å²) >= 11 is 0. The predicted octanol–water partition coefficient (Wildman–Crippen LogP) is 33.3. The molecule has 0 bridgehead atoms. The van der Waals surface area contributed by atoms with Gasteiger partial charge >= 0.3 is 36.2 Å². The van der Waals surface area contributed by atoms with Gasteiger partial charge in [-0.25, -0.2) is 28.8 Å². The van der Waals surface area contributed by atoms with E-state index in [0.29, 0.717) is 31.2 Å². The molecule has 3 saturated carbocycles. The molecule has 0 saturated heterocycles. The molecule has 6 aromatic rings. The fraction of sp³-hybridized carbons (Fsp3) is 0.641. The van der Waals surface area contributed by atoms with Crippen molar-refractivity contribution in [2.45, 2.75) is 463 Å². The molecule has 3 aliphatic rings. The molecule has 0 aromatic heterocycles. The van der Waals surface area contributed by atoms with E-state index in [-0.39, 0.29) is 36.2 Å². The van der Waals surface area contributed by atoms with Crippen LogP contribution in [0.25, 0.3) is 0 Å². The van der Waals surface area contributed by atoms with Crippen LogP contribution in [0.5, 0.6) is 0 Å². The van der Waals surface area contributed by atoms with E-state index in [1.807, 2.05) is 97.1 Å². The Hall–Kier alpha value is -9.06. The molecule has 18 nitrogen and oxygen atoms in total. The van der Waals surface area contributed by atoms with Gasteiger partial charge in [0.1, 0.15) is 0 Å². The number of nitrogens with one attached hydrogen (secondary N) is 12. The molecule has 6 aromatic carbocycles. The van der Waals surface area contributed by atoms with E-state index >= 15 is 0 Å². The Bertz CT molecular complexity index is 3790. The smallest absolute Gasteiger partial charge is 0.319 e. The first-order valence-corrected chi connectivity index (χ1v) is 55.3. The fourth-order valence-corrected chi connectivity index (χ4v) is 18.9. The van der Waals surface area contributed by atoms with Crippen molar-refractivity contribution in [1.29, 1.82) is 0 Å². The highest BCUT2D eigenvalue weighted by Crippen LogP contribution is 2.27. The Morgan fingerprint density at radius 3 is 0.481 bits per heavy atom. The highest BCUT2D eigenvalue weighted by Gasteiger charge is 2.20. The third kappa shape index (κ3) is 58.3. The Labute approximate surface area is 819 Å². The molecule has 0 aliphatic heterocycles. The summed E-state index contributed by atoms with van der Waals surface area (Å²) in [5, 5.41) is 36.0. The van der Waals surface area contributed by atoms with Crippen LogP contribution < -0.4 is 63.8 Å². The second-order valence-corrected chi connectivity index (χ2v) is 39.6. The maximum absolute atomic E-state index is 12.4. The molecule has 135 heavy (non-hydrogen) atoms. The molecule has 12 amide bonds. The van der Waals surface area contributed by atoms with Crippen LogP contribution in [-0.4, -0.2) is 73.9 Å². The van der Waals surface area contributed by atoms with Crippen molar-refractivity contribution in [2.24, 2.45) is 0 Å². The third-order valence-electron chi connectivity index (χ3n) is 27.3. The lowest BCUT2D eigenvalue weighted by Gasteiger charge is -2.22. The van der Waals surface area contributed by atoms with Gasteiger partial charge in [0.25, 0.3) is 0 Å². The number of urea groups is 6.